The summed E-state index contributed by atoms with van der Waals surface area (Å²) in [5.41, 5.74) is 2.48. The van der Waals surface area contributed by atoms with E-state index < -0.39 is 16.8 Å². The van der Waals surface area contributed by atoms with Gasteiger partial charge < -0.3 is 5.11 Å². The number of rotatable bonds is 5. The summed E-state index contributed by atoms with van der Waals surface area (Å²) in [4.78, 5) is 11.3. The van der Waals surface area contributed by atoms with Gasteiger partial charge in [-0.15, -0.1) is 11.6 Å². The molecule has 5 heteroatoms. The first-order chi connectivity index (χ1) is 9.61. The topological polar surface area (TPSA) is 54.4 Å². The number of halogens is 1. The van der Waals surface area contributed by atoms with E-state index in [0.29, 0.717) is 4.90 Å². The molecule has 0 saturated heterocycles. The largest absolute Gasteiger partial charge is 0.481 e. The minimum Gasteiger partial charge on any atom is -0.481 e. The SMILES string of the molecule is O=C(O)Cc1ccc(-c2ccccc2S(=O)CCl)cc1. The normalized spacial score (nSPS) is 12.1. The van der Waals surface area contributed by atoms with Gasteiger partial charge in [-0.05, 0) is 22.8 Å². The molecule has 2 aromatic rings. The Morgan fingerprint density at radius 2 is 1.75 bits per heavy atom. The molecule has 2 aromatic carbocycles. The Bertz CT molecular complexity index is 638. The van der Waals surface area contributed by atoms with Crippen molar-refractivity contribution >= 4 is 28.4 Å². The second-order valence-corrected chi connectivity index (χ2v) is 6.22. The predicted molar refractivity (Wildman–Crippen MR) is 80.3 cm³/mol. The highest BCUT2D eigenvalue weighted by molar-refractivity contribution is 7.86. The second-order valence-electron chi connectivity index (χ2n) is 4.22. The summed E-state index contributed by atoms with van der Waals surface area (Å²) in [6.45, 7) is 0. The summed E-state index contributed by atoms with van der Waals surface area (Å²) >= 11 is 5.66. The third-order valence-electron chi connectivity index (χ3n) is 2.85. The molecule has 0 aliphatic carbocycles. The molecule has 3 nitrogen and oxygen atoms in total. The summed E-state index contributed by atoms with van der Waals surface area (Å²) in [6, 6.07) is 14.6. The Morgan fingerprint density at radius 3 is 2.35 bits per heavy atom. The minimum absolute atomic E-state index is 0.00443. The van der Waals surface area contributed by atoms with E-state index in [4.69, 9.17) is 16.7 Å². The van der Waals surface area contributed by atoms with Crippen LogP contribution in [0.25, 0.3) is 11.1 Å². The van der Waals surface area contributed by atoms with Crippen molar-refractivity contribution in [2.75, 3.05) is 5.21 Å². The second kappa shape index (κ2) is 6.68. The van der Waals surface area contributed by atoms with Gasteiger partial charge in [0.15, 0.2) is 0 Å². The Balaban J connectivity index is 2.37. The molecule has 0 radical (unpaired) electrons. The number of benzene rings is 2. The molecule has 0 bridgehead atoms. The minimum atomic E-state index is -1.25. The molecule has 104 valence electrons. The van der Waals surface area contributed by atoms with Gasteiger partial charge >= 0.3 is 5.97 Å². The molecule has 0 spiro atoms. The Hall–Kier alpha value is -1.65. The van der Waals surface area contributed by atoms with E-state index >= 15 is 0 Å². The fourth-order valence-corrected chi connectivity index (χ4v) is 3.07. The van der Waals surface area contributed by atoms with Gasteiger partial charge in [-0.1, -0.05) is 42.5 Å². The molecular formula is C15H13ClO3S. The van der Waals surface area contributed by atoms with Crippen LogP contribution >= 0.6 is 11.6 Å². The van der Waals surface area contributed by atoms with Crippen LogP contribution in [0.1, 0.15) is 5.56 Å². The molecule has 1 atom stereocenters. The maximum atomic E-state index is 11.9. The van der Waals surface area contributed by atoms with Crippen LogP contribution in [0.2, 0.25) is 0 Å². The van der Waals surface area contributed by atoms with Gasteiger partial charge in [0.1, 0.15) is 5.21 Å². The predicted octanol–water partition coefficient (Wildman–Crippen LogP) is 3.28. The van der Waals surface area contributed by atoms with Crippen molar-refractivity contribution in [1.82, 2.24) is 0 Å². The Morgan fingerprint density at radius 1 is 1.10 bits per heavy atom. The summed E-state index contributed by atoms with van der Waals surface area (Å²) in [5, 5.41) is 8.80. The highest BCUT2D eigenvalue weighted by Gasteiger charge is 2.10. The number of hydrogen-bond donors (Lipinski definition) is 1. The van der Waals surface area contributed by atoms with Crippen LogP contribution in [0.4, 0.5) is 0 Å². The average molecular weight is 309 g/mol. The average Bonchev–Trinajstić information content (AvgIpc) is 2.46. The van der Waals surface area contributed by atoms with Gasteiger partial charge in [0, 0.05) is 4.90 Å². The number of hydrogen-bond acceptors (Lipinski definition) is 2. The fraction of sp³-hybridized carbons (Fsp3) is 0.133. The molecule has 0 heterocycles. The maximum Gasteiger partial charge on any atom is 0.307 e. The first-order valence-electron chi connectivity index (χ1n) is 5.96. The molecule has 20 heavy (non-hydrogen) atoms. The van der Waals surface area contributed by atoms with Gasteiger partial charge in [0.05, 0.1) is 17.2 Å². The summed E-state index contributed by atoms with van der Waals surface area (Å²) in [6.07, 6.45) is -0.00443. The van der Waals surface area contributed by atoms with E-state index in [-0.39, 0.29) is 11.6 Å². The number of carboxylic acid groups (broad SMARTS) is 1. The van der Waals surface area contributed by atoms with Crippen LogP contribution in [0, 0.1) is 0 Å². The molecule has 0 fully saturated rings. The third-order valence-corrected chi connectivity index (χ3v) is 4.49. The lowest BCUT2D eigenvalue weighted by Crippen LogP contribution is -2.00. The van der Waals surface area contributed by atoms with E-state index in [9.17, 15) is 9.00 Å². The fourth-order valence-electron chi connectivity index (χ4n) is 1.94. The zero-order valence-corrected chi connectivity index (χ0v) is 12.2. The van der Waals surface area contributed by atoms with Crippen LogP contribution in [0.15, 0.2) is 53.4 Å². The van der Waals surface area contributed by atoms with Crippen molar-refractivity contribution in [3.63, 3.8) is 0 Å². The van der Waals surface area contributed by atoms with Crippen molar-refractivity contribution in [3.8, 4) is 11.1 Å². The van der Waals surface area contributed by atoms with Gasteiger partial charge in [0.2, 0.25) is 0 Å². The summed E-state index contributed by atoms with van der Waals surface area (Å²) in [7, 11) is -1.25. The molecule has 0 saturated carbocycles. The van der Waals surface area contributed by atoms with Crippen molar-refractivity contribution in [3.05, 3.63) is 54.1 Å². The highest BCUT2D eigenvalue weighted by Crippen LogP contribution is 2.27. The lowest BCUT2D eigenvalue weighted by Gasteiger charge is -2.08. The molecule has 0 aromatic heterocycles. The third kappa shape index (κ3) is 3.46. The summed E-state index contributed by atoms with van der Waals surface area (Å²) < 4.78 is 11.9. The van der Waals surface area contributed by atoms with E-state index in [1.54, 1.807) is 18.2 Å². The molecule has 0 amide bonds. The summed E-state index contributed by atoms with van der Waals surface area (Å²) in [5.74, 6) is -0.860. The van der Waals surface area contributed by atoms with Gasteiger partial charge in [0.25, 0.3) is 0 Å². The van der Waals surface area contributed by atoms with Crippen LogP contribution in [0.5, 0.6) is 0 Å². The Labute approximate surface area is 124 Å². The number of carbonyl (C=O) groups is 1. The van der Waals surface area contributed by atoms with Crippen molar-refractivity contribution < 1.29 is 14.1 Å². The quantitative estimate of drug-likeness (QED) is 0.862. The number of alkyl halides is 1. The van der Waals surface area contributed by atoms with Crippen molar-refractivity contribution in [1.29, 1.82) is 0 Å². The van der Waals surface area contributed by atoms with Crippen LogP contribution in [-0.2, 0) is 22.0 Å². The van der Waals surface area contributed by atoms with Gasteiger partial charge in [-0.2, -0.15) is 0 Å². The first kappa shape index (κ1) is 14.8. The maximum absolute atomic E-state index is 11.9. The smallest absolute Gasteiger partial charge is 0.307 e. The van der Waals surface area contributed by atoms with Crippen LogP contribution < -0.4 is 0 Å². The zero-order valence-electron chi connectivity index (χ0n) is 10.6. The molecule has 1 N–H and O–H groups in total. The van der Waals surface area contributed by atoms with Crippen LogP contribution in [0.3, 0.4) is 0 Å². The van der Waals surface area contributed by atoms with E-state index in [1.807, 2.05) is 30.3 Å². The van der Waals surface area contributed by atoms with E-state index in [0.717, 1.165) is 16.7 Å². The Kier molecular flexibility index (Phi) is 4.93. The van der Waals surface area contributed by atoms with Gasteiger partial charge in [-0.3, -0.25) is 9.00 Å². The highest BCUT2D eigenvalue weighted by atomic mass is 35.5. The van der Waals surface area contributed by atoms with Crippen LogP contribution in [-0.4, -0.2) is 20.5 Å². The number of carboxylic acids is 1. The monoisotopic (exact) mass is 308 g/mol. The molecule has 1 unspecified atom stereocenters. The number of aliphatic carboxylic acids is 1. The first-order valence-corrected chi connectivity index (χ1v) is 7.81. The molecular weight excluding hydrogens is 296 g/mol. The van der Waals surface area contributed by atoms with Crippen molar-refractivity contribution in [2.24, 2.45) is 0 Å². The van der Waals surface area contributed by atoms with E-state index in [1.165, 1.54) is 0 Å². The van der Waals surface area contributed by atoms with Gasteiger partial charge in [-0.25, -0.2) is 0 Å². The zero-order chi connectivity index (χ0) is 14.5. The van der Waals surface area contributed by atoms with Crippen molar-refractivity contribution in [2.45, 2.75) is 11.3 Å². The molecule has 0 aliphatic rings. The standard InChI is InChI=1S/C15H13ClO3S/c16-10-20(19)14-4-2-1-3-13(14)12-7-5-11(6-8-12)9-15(17)18/h1-8H,9-10H2,(H,17,18). The van der Waals surface area contributed by atoms with E-state index in [2.05, 4.69) is 0 Å². The molecule has 2 rings (SSSR count). The molecule has 0 aliphatic heterocycles. The lowest BCUT2D eigenvalue weighted by atomic mass is 10.0. The lowest BCUT2D eigenvalue weighted by molar-refractivity contribution is -0.136.